The second kappa shape index (κ2) is 8.50. The lowest BCUT2D eigenvalue weighted by atomic mass is 10.0. The number of tetrazole rings is 1. The molecule has 0 atom stereocenters. The molecule has 0 aliphatic heterocycles. The van der Waals surface area contributed by atoms with E-state index in [4.69, 9.17) is 11.6 Å². The van der Waals surface area contributed by atoms with E-state index in [1.807, 2.05) is 48.5 Å². The maximum absolute atomic E-state index is 12.8. The van der Waals surface area contributed by atoms with Crippen molar-refractivity contribution < 1.29 is 4.79 Å². The number of hydrogen-bond donors (Lipinski definition) is 1. The fourth-order valence-electron chi connectivity index (χ4n) is 2.82. The second-order valence-corrected chi connectivity index (χ2v) is 6.58. The van der Waals surface area contributed by atoms with E-state index in [9.17, 15) is 4.79 Å². The van der Waals surface area contributed by atoms with Crippen molar-refractivity contribution in [1.29, 1.82) is 0 Å². The lowest BCUT2D eigenvalue weighted by Gasteiger charge is -2.08. The van der Waals surface area contributed by atoms with E-state index >= 15 is 0 Å². The normalized spacial score (nSPS) is 10.9. The van der Waals surface area contributed by atoms with Gasteiger partial charge in [0, 0.05) is 34.1 Å². The number of carbonyl (C=O) groups excluding carboxylic acids is 1. The quantitative estimate of drug-likeness (QED) is 0.477. The van der Waals surface area contributed by atoms with Crippen LogP contribution >= 0.6 is 11.6 Å². The van der Waals surface area contributed by atoms with Crippen molar-refractivity contribution in [3.8, 4) is 5.69 Å². The molecule has 3 aromatic carbocycles. The third-order valence-electron chi connectivity index (χ3n) is 4.24. The molecule has 142 valence electrons. The van der Waals surface area contributed by atoms with Crippen LogP contribution in [-0.2, 0) is 0 Å². The van der Waals surface area contributed by atoms with Crippen LogP contribution < -0.4 is 5.32 Å². The Morgan fingerprint density at radius 2 is 1.66 bits per heavy atom. The molecular weight excluding hydrogens is 386 g/mol. The Bertz CT molecular complexity index is 1150. The van der Waals surface area contributed by atoms with Gasteiger partial charge in [-0.1, -0.05) is 54.1 Å². The molecule has 1 heterocycles. The van der Waals surface area contributed by atoms with Crippen molar-refractivity contribution in [2.45, 2.75) is 0 Å². The van der Waals surface area contributed by atoms with Crippen LogP contribution in [0.1, 0.15) is 21.7 Å². The molecule has 0 aliphatic carbocycles. The largest absolute Gasteiger partial charge is 0.361 e. The SMILES string of the molecule is O=C(c1ccccc1)c1ccccc1N/C=C/c1nnnn1-c1ccc(Cl)cc1. The van der Waals surface area contributed by atoms with Crippen molar-refractivity contribution in [2.24, 2.45) is 0 Å². The van der Waals surface area contributed by atoms with Crippen molar-refractivity contribution in [2.75, 3.05) is 5.32 Å². The van der Waals surface area contributed by atoms with Gasteiger partial charge in [0.1, 0.15) is 0 Å². The molecule has 0 fully saturated rings. The highest BCUT2D eigenvalue weighted by molar-refractivity contribution is 6.30. The average molecular weight is 402 g/mol. The zero-order chi connectivity index (χ0) is 20.1. The summed E-state index contributed by atoms with van der Waals surface area (Å²) in [5.74, 6) is 0.486. The first-order valence-corrected chi connectivity index (χ1v) is 9.26. The van der Waals surface area contributed by atoms with E-state index in [2.05, 4.69) is 20.8 Å². The van der Waals surface area contributed by atoms with E-state index in [-0.39, 0.29) is 5.78 Å². The minimum Gasteiger partial charge on any atom is -0.361 e. The number of carbonyl (C=O) groups is 1. The number of ketones is 1. The first kappa shape index (κ1) is 18.6. The predicted octanol–water partition coefficient (Wildman–Crippen LogP) is 4.63. The third kappa shape index (κ3) is 4.23. The highest BCUT2D eigenvalue weighted by atomic mass is 35.5. The molecule has 1 N–H and O–H groups in total. The number of hydrogen-bond acceptors (Lipinski definition) is 5. The Morgan fingerprint density at radius 1 is 0.931 bits per heavy atom. The molecule has 6 nitrogen and oxygen atoms in total. The summed E-state index contributed by atoms with van der Waals surface area (Å²) in [6.45, 7) is 0. The van der Waals surface area contributed by atoms with Crippen LogP contribution in [0.4, 0.5) is 5.69 Å². The summed E-state index contributed by atoms with van der Waals surface area (Å²) in [7, 11) is 0. The molecule has 0 saturated heterocycles. The van der Waals surface area contributed by atoms with Crippen LogP contribution in [0.25, 0.3) is 11.8 Å². The van der Waals surface area contributed by atoms with Crippen LogP contribution in [0.15, 0.2) is 85.1 Å². The van der Waals surface area contributed by atoms with Gasteiger partial charge in [0.25, 0.3) is 0 Å². The summed E-state index contributed by atoms with van der Waals surface area (Å²) in [6.07, 6.45) is 3.44. The third-order valence-corrected chi connectivity index (χ3v) is 4.50. The van der Waals surface area contributed by atoms with Crippen molar-refractivity contribution in [3.05, 3.63) is 107 Å². The number of anilines is 1. The van der Waals surface area contributed by atoms with E-state index in [0.717, 1.165) is 5.69 Å². The molecule has 29 heavy (non-hydrogen) atoms. The van der Waals surface area contributed by atoms with E-state index < -0.39 is 0 Å². The fourth-order valence-corrected chi connectivity index (χ4v) is 2.95. The molecule has 4 aromatic rings. The standard InChI is InChI=1S/C22H16ClN5O/c23-17-10-12-18(13-11-17)28-21(25-26-27-28)14-15-24-20-9-5-4-8-19(20)22(29)16-6-2-1-3-7-16/h1-15,24H/b15-14+. The van der Waals surface area contributed by atoms with Gasteiger partial charge >= 0.3 is 0 Å². The van der Waals surface area contributed by atoms with Crippen molar-refractivity contribution in [3.63, 3.8) is 0 Å². The summed E-state index contributed by atoms with van der Waals surface area (Å²) >= 11 is 5.94. The predicted molar refractivity (Wildman–Crippen MR) is 113 cm³/mol. The fraction of sp³-hybridized carbons (Fsp3) is 0. The van der Waals surface area contributed by atoms with Gasteiger partial charge < -0.3 is 5.32 Å². The van der Waals surface area contributed by atoms with E-state index in [1.165, 1.54) is 0 Å². The first-order valence-electron chi connectivity index (χ1n) is 8.88. The van der Waals surface area contributed by atoms with E-state index in [1.54, 1.807) is 47.3 Å². The Morgan fingerprint density at radius 3 is 2.45 bits per heavy atom. The highest BCUT2D eigenvalue weighted by Crippen LogP contribution is 2.20. The molecule has 0 spiro atoms. The number of benzene rings is 3. The molecule has 0 amide bonds. The number of para-hydroxylation sites is 1. The minimum atomic E-state index is -0.0481. The molecule has 0 aliphatic rings. The topological polar surface area (TPSA) is 72.7 Å². The highest BCUT2D eigenvalue weighted by Gasteiger charge is 2.12. The van der Waals surface area contributed by atoms with Crippen LogP contribution in [0, 0.1) is 0 Å². The van der Waals surface area contributed by atoms with Gasteiger partial charge in [0.15, 0.2) is 11.6 Å². The average Bonchev–Trinajstić information content (AvgIpc) is 3.23. The molecular formula is C22H16ClN5O. The molecule has 1 aromatic heterocycles. The zero-order valence-corrected chi connectivity index (χ0v) is 16.0. The van der Waals surface area contributed by atoms with Crippen molar-refractivity contribution >= 4 is 29.1 Å². The summed E-state index contributed by atoms with van der Waals surface area (Å²) in [5, 5.41) is 15.6. The van der Waals surface area contributed by atoms with Crippen molar-refractivity contribution in [1.82, 2.24) is 20.2 Å². The molecule has 0 bridgehead atoms. The van der Waals surface area contributed by atoms with Crippen LogP contribution in [0.5, 0.6) is 0 Å². The number of halogens is 1. The van der Waals surface area contributed by atoms with Gasteiger partial charge in [0.05, 0.1) is 5.69 Å². The molecule has 0 saturated carbocycles. The number of nitrogens with zero attached hydrogens (tertiary/aromatic N) is 4. The van der Waals surface area contributed by atoms with Gasteiger partial charge in [-0.2, -0.15) is 4.68 Å². The summed E-state index contributed by atoms with van der Waals surface area (Å²) in [5.41, 5.74) is 2.71. The van der Waals surface area contributed by atoms with Gasteiger partial charge in [0.2, 0.25) is 0 Å². The molecule has 0 unspecified atom stereocenters. The van der Waals surface area contributed by atoms with Gasteiger partial charge in [-0.25, -0.2) is 0 Å². The smallest absolute Gasteiger partial charge is 0.195 e. The maximum atomic E-state index is 12.8. The van der Waals surface area contributed by atoms with E-state index in [0.29, 0.717) is 27.7 Å². The number of rotatable bonds is 6. The zero-order valence-electron chi connectivity index (χ0n) is 15.2. The molecule has 7 heteroatoms. The van der Waals surface area contributed by atoms with Gasteiger partial charge in [-0.3, -0.25) is 4.79 Å². The second-order valence-electron chi connectivity index (χ2n) is 6.14. The van der Waals surface area contributed by atoms with Gasteiger partial charge in [-0.15, -0.1) is 5.10 Å². The number of nitrogens with one attached hydrogen (secondary N) is 1. The Balaban J connectivity index is 1.55. The summed E-state index contributed by atoms with van der Waals surface area (Å²) in [6, 6.07) is 23.7. The summed E-state index contributed by atoms with van der Waals surface area (Å²) in [4.78, 5) is 12.8. The minimum absolute atomic E-state index is 0.0481. The van der Waals surface area contributed by atoms with Crippen LogP contribution in [-0.4, -0.2) is 26.0 Å². The monoisotopic (exact) mass is 401 g/mol. The Kier molecular flexibility index (Phi) is 5.45. The Hall–Kier alpha value is -3.77. The lowest BCUT2D eigenvalue weighted by molar-refractivity contribution is 0.103. The molecule has 0 radical (unpaired) electrons. The molecule has 4 rings (SSSR count). The van der Waals surface area contributed by atoms with Crippen LogP contribution in [0.3, 0.4) is 0 Å². The number of aromatic nitrogens is 4. The Labute approximate surface area is 172 Å². The lowest BCUT2D eigenvalue weighted by Crippen LogP contribution is -2.05. The maximum Gasteiger partial charge on any atom is 0.195 e. The van der Waals surface area contributed by atoms with Crippen LogP contribution in [0.2, 0.25) is 5.02 Å². The van der Waals surface area contributed by atoms with Gasteiger partial charge in [-0.05, 0) is 46.8 Å². The summed E-state index contributed by atoms with van der Waals surface area (Å²) < 4.78 is 1.59. The first-order chi connectivity index (χ1) is 14.2.